The highest BCUT2D eigenvalue weighted by Gasteiger charge is 2.21. The summed E-state index contributed by atoms with van der Waals surface area (Å²) in [6.07, 6.45) is 3.27. The fourth-order valence-electron chi connectivity index (χ4n) is 2.70. The molecule has 3 aromatic rings. The van der Waals surface area contributed by atoms with Crippen molar-refractivity contribution in [2.75, 3.05) is 7.11 Å². The quantitative estimate of drug-likeness (QED) is 0.801. The highest BCUT2D eigenvalue weighted by molar-refractivity contribution is 6.03. The number of methoxy groups -OCH3 is 1. The molecule has 0 radical (unpaired) electrons. The molecule has 1 aromatic carbocycles. The second-order valence-corrected chi connectivity index (χ2v) is 4.85. The molecule has 0 spiro atoms. The molecule has 0 atom stereocenters. The van der Waals surface area contributed by atoms with Crippen LogP contribution in [0.2, 0.25) is 0 Å². The van der Waals surface area contributed by atoms with Crippen LogP contribution in [-0.2, 0) is 14.1 Å². The van der Waals surface area contributed by atoms with Crippen LogP contribution < -0.4 is 4.74 Å². The van der Waals surface area contributed by atoms with Gasteiger partial charge in [0.15, 0.2) is 0 Å². The minimum absolute atomic E-state index is 0.188. The van der Waals surface area contributed by atoms with E-state index in [1.54, 1.807) is 18.8 Å². The smallest absolute Gasteiger partial charge is 0.339 e. The van der Waals surface area contributed by atoms with Gasteiger partial charge in [-0.15, -0.1) is 0 Å². The van der Waals surface area contributed by atoms with Crippen molar-refractivity contribution in [1.29, 1.82) is 0 Å². The fourth-order valence-corrected chi connectivity index (χ4v) is 2.70. The van der Waals surface area contributed by atoms with E-state index in [0.717, 1.165) is 22.2 Å². The van der Waals surface area contributed by atoms with Crippen LogP contribution in [0, 0.1) is 0 Å². The number of hydrogen-bond acceptors (Lipinski definition) is 3. The molecule has 0 bridgehead atoms. The number of nitrogens with zero attached hydrogens (tertiary/aromatic N) is 3. The number of rotatable bonds is 3. The van der Waals surface area contributed by atoms with Gasteiger partial charge in [0, 0.05) is 31.2 Å². The fraction of sp³-hybridized carbons (Fsp3) is 0.200. The number of para-hydroxylation sites is 1. The molecule has 0 fully saturated rings. The SMILES string of the molecule is COc1cccc2c(-c3c(C(=O)O)cnn3C)cn(C)c12. The Hall–Kier alpha value is -2.76. The third kappa shape index (κ3) is 1.87. The molecule has 6 heteroatoms. The minimum atomic E-state index is -0.988. The zero-order chi connectivity index (χ0) is 15.1. The lowest BCUT2D eigenvalue weighted by Crippen LogP contribution is -2.00. The van der Waals surface area contributed by atoms with E-state index in [1.807, 2.05) is 36.0 Å². The molecule has 0 unspecified atom stereocenters. The number of aryl methyl sites for hydroxylation is 2. The molecule has 0 aliphatic carbocycles. The molecule has 2 aromatic heterocycles. The van der Waals surface area contributed by atoms with E-state index in [4.69, 9.17) is 4.74 Å². The standard InChI is InChI=1S/C15H15N3O3/c1-17-8-11(9-5-4-6-12(21-3)14(9)17)13-10(15(19)20)7-16-18(13)2/h4-8H,1-3H3,(H,19,20). The van der Waals surface area contributed by atoms with E-state index in [9.17, 15) is 9.90 Å². The average Bonchev–Trinajstić information content (AvgIpc) is 2.99. The maximum Gasteiger partial charge on any atom is 0.339 e. The van der Waals surface area contributed by atoms with Crippen molar-refractivity contribution in [2.45, 2.75) is 0 Å². The van der Waals surface area contributed by atoms with Crippen molar-refractivity contribution < 1.29 is 14.6 Å². The number of aromatic carboxylic acids is 1. The van der Waals surface area contributed by atoms with Crippen LogP contribution in [0.3, 0.4) is 0 Å². The van der Waals surface area contributed by atoms with Crippen LogP contribution >= 0.6 is 0 Å². The van der Waals surface area contributed by atoms with Crippen LogP contribution in [0.15, 0.2) is 30.6 Å². The Kier molecular flexibility index (Phi) is 2.94. The van der Waals surface area contributed by atoms with Gasteiger partial charge in [-0.3, -0.25) is 4.68 Å². The summed E-state index contributed by atoms with van der Waals surface area (Å²) in [5.74, 6) is -0.238. The number of fused-ring (bicyclic) bond motifs is 1. The molecular weight excluding hydrogens is 270 g/mol. The number of carboxylic acids is 1. The number of hydrogen-bond donors (Lipinski definition) is 1. The first kappa shape index (κ1) is 13.2. The van der Waals surface area contributed by atoms with Crippen LogP contribution in [0.5, 0.6) is 5.75 Å². The van der Waals surface area contributed by atoms with Crippen molar-refractivity contribution in [3.8, 4) is 17.0 Å². The van der Waals surface area contributed by atoms with Gasteiger partial charge in [0.1, 0.15) is 11.3 Å². The first-order chi connectivity index (χ1) is 10.0. The largest absolute Gasteiger partial charge is 0.495 e. The summed E-state index contributed by atoms with van der Waals surface area (Å²) in [6.45, 7) is 0. The third-order valence-corrected chi connectivity index (χ3v) is 3.61. The first-order valence-corrected chi connectivity index (χ1v) is 6.42. The Morgan fingerprint density at radius 2 is 2.10 bits per heavy atom. The highest BCUT2D eigenvalue weighted by atomic mass is 16.5. The van der Waals surface area contributed by atoms with Gasteiger partial charge in [0.2, 0.25) is 0 Å². The van der Waals surface area contributed by atoms with E-state index < -0.39 is 5.97 Å². The molecule has 1 N–H and O–H groups in total. The minimum Gasteiger partial charge on any atom is -0.495 e. The summed E-state index contributed by atoms with van der Waals surface area (Å²) >= 11 is 0. The zero-order valence-electron chi connectivity index (χ0n) is 12.0. The van der Waals surface area contributed by atoms with Crippen molar-refractivity contribution in [1.82, 2.24) is 14.3 Å². The predicted octanol–water partition coefficient (Wildman–Crippen LogP) is 2.29. The lowest BCUT2D eigenvalue weighted by atomic mass is 10.1. The molecule has 0 aliphatic rings. The predicted molar refractivity (Wildman–Crippen MR) is 78.6 cm³/mol. The maximum absolute atomic E-state index is 11.4. The molecule has 0 aliphatic heterocycles. The normalized spacial score (nSPS) is 11.0. The monoisotopic (exact) mass is 285 g/mol. The van der Waals surface area contributed by atoms with E-state index in [2.05, 4.69) is 5.10 Å². The summed E-state index contributed by atoms with van der Waals surface area (Å²) in [7, 11) is 5.26. The lowest BCUT2D eigenvalue weighted by Gasteiger charge is -2.05. The Morgan fingerprint density at radius 3 is 2.76 bits per heavy atom. The van der Waals surface area contributed by atoms with Gasteiger partial charge in [-0.1, -0.05) is 12.1 Å². The van der Waals surface area contributed by atoms with Crippen molar-refractivity contribution in [3.63, 3.8) is 0 Å². The first-order valence-electron chi connectivity index (χ1n) is 6.42. The number of ether oxygens (including phenoxy) is 1. The molecule has 2 heterocycles. The number of carbonyl (C=O) groups is 1. The van der Waals surface area contributed by atoms with Crippen molar-refractivity contribution >= 4 is 16.9 Å². The van der Waals surface area contributed by atoms with E-state index in [-0.39, 0.29) is 5.56 Å². The molecule has 108 valence electrons. The Bertz CT molecular complexity index is 845. The highest BCUT2D eigenvalue weighted by Crippen LogP contribution is 2.36. The molecule has 0 amide bonds. The molecule has 21 heavy (non-hydrogen) atoms. The van der Waals surface area contributed by atoms with Gasteiger partial charge in [0.25, 0.3) is 0 Å². The Balaban J connectivity index is 2.37. The summed E-state index contributed by atoms with van der Waals surface area (Å²) in [5.41, 5.74) is 2.52. The van der Waals surface area contributed by atoms with Gasteiger partial charge >= 0.3 is 5.97 Å². The third-order valence-electron chi connectivity index (χ3n) is 3.61. The summed E-state index contributed by atoms with van der Waals surface area (Å²) in [4.78, 5) is 11.4. The average molecular weight is 285 g/mol. The Labute approximate surface area is 121 Å². The van der Waals surface area contributed by atoms with Crippen LogP contribution in [-0.4, -0.2) is 32.5 Å². The van der Waals surface area contributed by atoms with Gasteiger partial charge in [-0.25, -0.2) is 4.79 Å². The van der Waals surface area contributed by atoms with E-state index in [0.29, 0.717) is 5.69 Å². The van der Waals surface area contributed by atoms with E-state index in [1.165, 1.54) is 6.20 Å². The van der Waals surface area contributed by atoms with Crippen molar-refractivity contribution in [2.24, 2.45) is 14.1 Å². The van der Waals surface area contributed by atoms with Gasteiger partial charge in [-0.2, -0.15) is 5.10 Å². The maximum atomic E-state index is 11.4. The molecule has 6 nitrogen and oxygen atoms in total. The van der Waals surface area contributed by atoms with Gasteiger partial charge in [-0.05, 0) is 6.07 Å². The molecule has 0 saturated heterocycles. The lowest BCUT2D eigenvalue weighted by molar-refractivity contribution is 0.0697. The van der Waals surface area contributed by atoms with Gasteiger partial charge in [0.05, 0.1) is 24.5 Å². The topological polar surface area (TPSA) is 69.3 Å². The van der Waals surface area contributed by atoms with Gasteiger partial charge < -0.3 is 14.4 Å². The number of carboxylic acid groups (broad SMARTS) is 1. The summed E-state index contributed by atoms with van der Waals surface area (Å²) < 4.78 is 8.90. The zero-order valence-corrected chi connectivity index (χ0v) is 12.0. The van der Waals surface area contributed by atoms with Crippen LogP contribution in [0.1, 0.15) is 10.4 Å². The Morgan fingerprint density at radius 1 is 1.33 bits per heavy atom. The molecular formula is C15H15N3O3. The van der Waals surface area contributed by atoms with E-state index >= 15 is 0 Å². The molecule has 0 saturated carbocycles. The second kappa shape index (κ2) is 4.66. The number of aromatic nitrogens is 3. The van der Waals surface area contributed by atoms with Crippen LogP contribution in [0.25, 0.3) is 22.2 Å². The molecule has 3 rings (SSSR count). The summed E-state index contributed by atoms with van der Waals surface area (Å²) in [5, 5.41) is 14.3. The van der Waals surface area contributed by atoms with Crippen molar-refractivity contribution in [3.05, 3.63) is 36.2 Å². The second-order valence-electron chi connectivity index (χ2n) is 4.85. The number of benzene rings is 1. The van der Waals surface area contributed by atoms with Crippen LogP contribution in [0.4, 0.5) is 0 Å². The summed E-state index contributed by atoms with van der Waals surface area (Å²) in [6, 6.07) is 5.72.